The zero-order valence-electron chi connectivity index (χ0n) is 11.5. The predicted molar refractivity (Wildman–Crippen MR) is 72.9 cm³/mol. The van der Waals surface area contributed by atoms with Gasteiger partial charge in [0.25, 0.3) is 5.91 Å². The quantitative estimate of drug-likeness (QED) is 0.905. The normalized spacial score (nSPS) is 26.4. The first-order valence-corrected chi connectivity index (χ1v) is 7.05. The van der Waals surface area contributed by atoms with Crippen molar-refractivity contribution in [3.63, 3.8) is 0 Å². The van der Waals surface area contributed by atoms with E-state index in [4.69, 9.17) is 4.74 Å². The van der Waals surface area contributed by atoms with E-state index in [-0.39, 0.29) is 11.7 Å². The summed E-state index contributed by atoms with van der Waals surface area (Å²) in [4.78, 5) is 14.2. The summed E-state index contributed by atoms with van der Waals surface area (Å²) in [7, 11) is 0. The van der Waals surface area contributed by atoms with Gasteiger partial charge in [-0.15, -0.1) is 0 Å². The van der Waals surface area contributed by atoms with Gasteiger partial charge in [-0.05, 0) is 30.9 Å². The van der Waals surface area contributed by atoms with Crippen molar-refractivity contribution in [3.05, 3.63) is 30.1 Å². The van der Waals surface area contributed by atoms with E-state index in [1.807, 2.05) is 4.90 Å². The lowest BCUT2D eigenvalue weighted by atomic mass is 10.0. The molecule has 0 aromatic heterocycles. The van der Waals surface area contributed by atoms with Crippen LogP contribution in [0.1, 0.15) is 6.92 Å². The van der Waals surface area contributed by atoms with Gasteiger partial charge >= 0.3 is 0 Å². The largest absolute Gasteiger partial charge is 0.481 e. The molecular weight excluding hydrogens is 259 g/mol. The van der Waals surface area contributed by atoms with Crippen LogP contribution in [0.2, 0.25) is 0 Å². The lowest BCUT2D eigenvalue weighted by molar-refractivity contribution is -0.137. The zero-order chi connectivity index (χ0) is 14.1. The number of carbonyl (C=O) groups excluding carboxylic acids is 1. The van der Waals surface area contributed by atoms with Crippen molar-refractivity contribution in [2.75, 3.05) is 26.2 Å². The maximum absolute atomic E-state index is 13.1. The van der Waals surface area contributed by atoms with E-state index in [1.54, 1.807) is 19.1 Å². The number of carbonyl (C=O) groups is 1. The summed E-state index contributed by atoms with van der Waals surface area (Å²) in [6.07, 6.45) is -0.580. The van der Waals surface area contributed by atoms with Gasteiger partial charge in [0.15, 0.2) is 6.10 Å². The predicted octanol–water partition coefficient (Wildman–Crippen LogP) is 1.27. The minimum Gasteiger partial charge on any atom is -0.481 e. The van der Waals surface area contributed by atoms with Crippen LogP contribution >= 0.6 is 0 Å². The van der Waals surface area contributed by atoms with Crippen molar-refractivity contribution in [3.8, 4) is 5.75 Å². The fourth-order valence-electron chi connectivity index (χ4n) is 3.09. The molecule has 1 amide bonds. The molecule has 1 aromatic rings. The Kier molecular flexibility index (Phi) is 3.61. The maximum atomic E-state index is 13.1. The molecule has 0 saturated carbocycles. The molecule has 1 unspecified atom stereocenters. The first kappa shape index (κ1) is 13.4. The first-order valence-electron chi connectivity index (χ1n) is 7.05. The second-order valence-corrected chi connectivity index (χ2v) is 5.64. The molecule has 3 atom stereocenters. The third kappa shape index (κ3) is 2.63. The van der Waals surface area contributed by atoms with Crippen molar-refractivity contribution in [2.24, 2.45) is 11.8 Å². The van der Waals surface area contributed by atoms with Crippen molar-refractivity contribution >= 4 is 5.91 Å². The highest BCUT2D eigenvalue weighted by molar-refractivity contribution is 5.81. The van der Waals surface area contributed by atoms with Crippen LogP contribution in [0.25, 0.3) is 0 Å². The maximum Gasteiger partial charge on any atom is 0.263 e. The van der Waals surface area contributed by atoms with Crippen LogP contribution in [-0.4, -0.2) is 43.1 Å². The number of likely N-dealkylation sites (tertiary alicyclic amines) is 1. The highest BCUT2D eigenvalue weighted by atomic mass is 19.1. The molecule has 4 nitrogen and oxygen atoms in total. The Labute approximate surface area is 117 Å². The number of hydrogen-bond acceptors (Lipinski definition) is 3. The molecule has 20 heavy (non-hydrogen) atoms. The summed E-state index contributed by atoms with van der Waals surface area (Å²) < 4.78 is 18.6. The van der Waals surface area contributed by atoms with E-state index < -0.39 is 6.10 Å². The van der Waals surface area contributed by atoms with Gasteiger partial charge < -0.3 is 15.0 Å². The summed E-state index contributed by atoms with van der Waals surface area (Å²) >= 11 is 0. The van der Waals surface area contributed by atoms with Gasteiger partial charge in [0.05, 0.1) is 0 Å². The van der Waals surface area contributed by atoms with Gasteiger partial charge in [0, 0.05) is 32.2 Å². The zero-order valence-corrected chi connectivity index (χ0v) is 11.5. The van der Waals surface area contributed by atoms with Gasteiger partial charge in [-0.1, -0.05) is 6.07 Å². The minimum atomic E-state index is -0.580. The van der Waals surface area contributed by atoms with Crippen LogP contribution in [0.5, 0.6) is 5.75 Å². The van der Waals surface area contributed by atoms with Crippen LogP contribution in [-0.2, 0) is 4.79 Å². The molecule has 3 rings (SSSR count). The Hall–Kier alpha value is -1.62. The topological polar surface area (TPSA) is 41.6 Å². The number of fused-ring (bicyclic) bond motifs is 1. The second-order valence-electron chi connectivity index (χ2n) is 5.64. The third-order valence-corrected chi connectivity index (χ3v) is 4.16. The minimum absolute atomic E-state index is 0.0105. The number of hydrogen-bond donors (Lipinski definition) is 1. The van der Waals surface area contributed by atoms with Gasteiger partial charge in [0.2, 0.25) is 0 Å². The van der Waals surface area contributed by atoms with Gasteiger partial charge in [-0.25, -0.2) is 4.39 Å². The molecule has 2 fully saturated rings. The van der Waals surface area contributed by atoms with Gasteiger partial charge in [-0.2, -0.15) is 0 Å². The van der Waals surface area contributed by atoms with Crippen molar-refractivity contribution in [2.45, 2.75) is 13.0 Å². The van der Waals surface area contributed by atoms with E-state index in [0.29, 0.717) is 17.6 Å². The summed E-state index contributed by atoms with van der Waals surface area (Å²) in [5.74, 6) is 1.17. The summed E-state index contributed by atoms with van der Waals surface area (Å²) in [6.45, 7) is 5.31. The molecule has 0 aliphatic carbocycles. The Balaban J connectivity index is 1.60. The van der Waals surface area contributed by atoms with Crippen LogP contribution in [0.3, 0.4) is 0 Å². The number of halogens is 1. The molecule has 2 aliphatic heterocycles. The molecule has 1 N–H and O–H groups in total. The lowest BCUT2D eigenvalue weighted by Crippen LogP contribution is -2.40. The molecule has 1 aromatic carbocycles. The van der Waals surface area contributed by atoms with Crippen LogP contribution < -0.4 is 10.1 Å². The van der Waals surface area contributed by atoms with E-state index in [9.17, 15) is 9.18 Å². The number of rotatable bonds is 3. The summed E-state index contributed by atoms with van der Waals surface area (Å²) in [6, 6.07) is 5.89. The number of benzene rings is 1. The molecule has 0 radical (unpaired) electrons. The third-order valence-electron chi connectivity index (χ3n) is 4.16. The Bertz CT molecular complexity index is 496. The number of nitrogens with zero attached hydrogens (tertiary/aromatic N) is 1. The molecule has 2 saturated heterocycles. The van der Waals surface area contributed by atoms with E-state index in [2.05, 4.69) is 5.32 Å². The smallest absolute Gasteiger partial charge is 0.263 e. The summed E-state index contributed by atoms with van der Waals surface area (Å²) in [5, 5.41) is 3.35. The highest BCUT2D eigenvalue weighted by Gasteiger charge is 2.39. The fourth-order valence-corrected chi connectivity index (χ4v) is 3.09. The Morgan fingerprint density at radius 2 is 2.10 bits per heavy atom. The molecule has 0 spiro atoms. The standard InChI is InChI=1S/C15H19FN2O2/c1-10(20-14-4-2-3-13(16)5-14)15(19)18-8-11-6-17-7-12(11)9-18/h2-5,10-12,17H,6-9H2,1H3/t10?,11-,12+. The molecule has 2 aliphatic rings. The molecule has 2 heterocycles. The van der Waals surface area contributed by atoms with Gasteiger partial charge in [-0.3, -0.25) is 4.79 Å². The monoisotopic (exact) mass is 278 g/mol. The van der Waals surface area contributed by atoms with Crippen molar-refractivity contribution in [1.82, 2.24) is 10.2 Å². The number of ether oxygens (including phenoxy) is 1. The fraction of sp³-hybridized carbons (Fsp3) is 0.533. The average Bonchev–Trinajstić information content (AvgIpc) is 2.98. The highest BCUT2D eigenvalue weighted by Crippen LogP contribution is 2.27. The van der Waals surface area contributed by atoms with Gasteiger partial charge in [0.1, 0.15) is 11.6 Å². The molecule has 5 heteroatoms. The van der Waals surface area contributed by atoms with Crippen LogP contribution in [0, 0.1) is 17.7 Å². The lowest BCUT2D eigenvalue weighted by Gasteiger charge is -2.22. The van der Waals surface area contributed by atoms with Crippen molar-refractivity contribution in [1.29, 1.82) is 0 Å². The average molecular weight is 278 g/mol. The molecular formula is C15H19FN2O2. The summed E-state index contributed by atoms with van der Waals surface area (Å²) in [5.41, 5.74) is 0. The molecule has 108 valence electrons. The molecule has 0 bridgehead atoms. The Morgan fingerprint density at radius 3 is 2.75 bits per heavy atom. The second kappa shape index (κ2) is 5.40. The number of nitrogens with one attached hydrogen (secondary N) is 1. The van der Waals surface area contributed by atoms with Crippen LogP contribution in [0.4, 0.5) is 4.39 Å². The van der Waals surface area contributed by atoms with Crippen molar-refractivity contribution < 1.29 is 13.9 Å². The van der Waals surface area contributed by atoms with E-state index >= 15 is 0 Å². The number of amides is 1. The van der Waals surface area contributed by atoms with E-state index in [1.165, 1.54) is 12.1 Å². The van der Waals surface area contributed by atoms with E-state index in [0.717, 1.165) is 26.2 Å². The first-order chi connectivity index (χ1) is 9.63. The SMILES string of the molecule is CC(Oc1cccc(F)c1)C(=O)N1C[C@H]2CNC[C@H]2C1. The Morgan fingerprint density at radius 1 is 1.40 bits per heavy atom. The van der Waals surface area contributed by atoms with Crippen LogP contribution in [0.15, 0.2) is 24.3 Å².